The standard InChI is InChI=1S/C29H25FN8O2/c1-38(2)15-25(39)33-20-9-18(13-31-14-20)16-4-5-24-23(11-16)27(37-36-24)29-34-26-22(6-7-32-28(26)35-29)17-8-19(30)12-21(10-17)40-3/h4-14H,15H2,1-3H3,(H,33,39)(H,36,37)(H,32,34,35). The number of aromatic nitrogens is 6. The number of fused-ring (bicyclic) bond motifs is 2. The fourth-order valence-corrected chi connectivity index (χ4v) is 4.63. The van der Waals surface area contributed by atoms with Gasteiger partial charge in [-0.1, -0.05) is 6.07 Å². The summed E-state index contributed by atoms with van der Waals surface area (Å²) in [4.78, 5) is 30.8. The van der Waals surface area contributed by atoms with E-state index in [-0.39, 0.29) is 12.5 Å². The van der Waals surface area contributed by atoms with Crippen LogP contribution in [0.25, 0.3) is 55.8 Å². The maximum atomic E-state index is 14.3. The van der Waals surface area contributed by atoms with E-state index in [2.05, 4.69) is 30.5 Å². The third-order valence-corrected chi connectivity index (χ3v) is 6.41. The minimum absolute atomic E-state index is 0.119. The molecular formula is C29H25FN8O2. The average molecular weight is 537 g/mol. The fourth-order valence-electron chi connectivity index (χ4n) is 4.63. The predicted octanol–water partition coefficient (Wildman–Crippen LogP) is 4.88. The molecule has 6 rings (SSSR count). The van der Waals surface area contributed by atoms with Crippen molar-refractivity contribution in [1.29, 1.82) is 0 Å². The van der Waals surface area contributed by atoms with E-state index >= 15 is 0 Å². The van der Waals surface area contributed by atoms with Crippen LogP contribution in [0.15, 0.2) is 67.1 Å². The SMILES string of the molecule is COc1cc(F)cc(-c2ccnc3nc(-c4n[nH]c5ccc(-c6cncc(NC(=O)CN(C)C)c6)cc45)[nH]c23)c1. The van der Waals surface area contributed by atoms with Gasteiger partial charge in [-0.15, -0.1) is 0 Å². The van der Waals surface area contributed by atoms with Crippen LogP contribution in [0.2, 0.25) is 0 Å². The van der Waals surface area contributed by atoms with Crippen LogP contribution < -0.4 is 10.1 Å². The smallest absolute Gasteiger partial charge is 0.238 e. The Kier molecular flexibility index (Phi) is 6.40. The third kappa shape index (κ3) is 4.85. The van der Waals surface area contributed by atoms with Crippen LogP contribution in [-0.2, 0) is 4.79 Å². The Morgan fingerprint density at radius 3 is 2.75 bits per heavy atom. The number of halogens is 1. The third-order valence-electron chi connectivity index (χ3n) is 6.41. The lowest BCUT2D eigenvalue weighted by Crippen LogP contribution is -2.27. The number of pyridine rings is 2. The van der Waals surface area contributed by atoms with Crippen LogP contribution in [-0.4, -0.2) is 68.7 Å². The highest BCUT2D eigenvalue weighted by Gasteiger charge is 2.17. The van der Waals surface area contributed by atoms with E-state index in [1.54, 1.807) is 35.6 Å². The van der Waals surface area contributed by atoms with E-state index in [0.717, 1.165) is 27.6 Å². The molecule has 0 atom stereocenters. The first-order chi connectivity index (χ1) is 19.4. The Labute approximate surface area is 228 Å². The van der Waals surface area contributed by atoms with Gasteiger partial charge in [0, 0.05) is 35.0 Å². The van der Waals surface area contributed by atoms with Gasteiger partial charge in [0.05, 0.1) is 36.6 Å². The number of hydrogen-bond acceptors (Lipinski definition) is 7. The molecular weight excluding hydrogens is 511 g/mol. The van der Waals surface area contributed by atoms with Gasteiger partial charge in [0.15, 0.2) is 11.5 Å². The maximum Gasteiger partial charge on any atom is 0.238 e. The van der Waals surface area contributed by atoms with Crippen LogP contribution in [0.4, 0.5) is 10.1 Å². The second kappa shape index (κ2) is 10.2. The summed E-state index contributed by atoms with van der Waals surface area (Å²) in [6, 6.07) is 14.1. The number of hydrogen-bond donors (Lipinski definition) is 3. The van der Waals surface area contributed by atoms with Crippen LogP contribution in [0, 0.1) is 5.82 Å². The molecule has 11 heteroatoms. The summed E-state index contributed by atoms with van der Waals surface area (Å²) in [6.07, 6.45) is 5.00. The number of H-pyrrole nitrogens is 2. The lowest BCUT2D eigenvalue weighted by atomic mass is 10.0. The summed E-state index contributed by atoms with van der Waals surface area (Å²) in [5, 5.41) is 11.3. The number of nitrogens with one attached hydrogen (secondary N) is 3. The molecule has 40 heavy (non-hydrogen) atoms. The monoisotopic (exact) mass is 536 g/mol. The molecule has 0 aliphatic rings. The Morgan fingerprint density at radius 2 is 1.93 bits per heavy atom. The van der Waals surface area contributed by atoms with E-state index in [9.17, 15) is 9.18 Å². The molecule has 0 aliphatic heterocycles. The summed E-state index contributed by atoms with van der Waals surface area (Å²) in [6.45, 7) is 0.273. The predicted molar refractivity (Wildman–Crippen MR) is 151 cm³/mol. The highest BCUT2D eigenvalue weighted by atomic mass is 19.1. The van der Waals surface area contributed by atoms with Gasteiger partial charge in [-0.05, 0) is 61.6 Å². The Morgan fingerprint density at radius 1 is 1.05 bits per heavy atom. The lowest BCUT2D eigenvalue weighted by Gasteiger charge is -2.11. The van der Waals surface area contributed by atoms with Crippen molar-refractivity contribution in [3.63, 3.8) is 0 Å². The number of anilines is 1. The quantitative estimate of drug-likeness (QED) is 0.266. The number of methoxy groups -OCH3 is 1. The van der Waals surface area contributed by atoms with Crippen molar-refractivity contribution < 1.29 is 13.9 Å². The molecule has 0 saturated carbocycles. The Hall–Kier alpha value is -5.16. The first-order valence-electron chi connectivity index (χ1n) is 12.5. The number of ether oxygens (including phenoxy) is 1. The summed E-state index contributed by atoms with van der Waals surface area (Å²) < 4.78 is 19.5. The molecule has 6 aromatic rings. The molecule has 4 heterocycles. The zero-order valence-electron chi connectivity index (χ0n) is 22.0. The number of amides is 1. The average Bonchev–Trinajstić information content (AvgIpc) is 3.56. The van der Waals surface area contributed by atoms with Crippen LogP contribution in [0.1, 0.15) is 0 Å². The minimum Gasteiger partial charge on any atom is -0.497 e. The molecule has 10 nitrogen and oxygen atoms in total. The summed E-state index contributed by atoms with van der Waals surface area (Å²) >= 11 is 0. The van der Waals surface area contributed by atoms with Gasteiger partial charge in [0.1, 0.15) is 17.3 Å². The Balaban J connectivity index is 1.38. The highest BCUT2D eigenvalue weighted by Crippen LogP contribution is 2.34. The van der Waals surface area contributed by atoms with E-state index in [1.165, 1.54) is 19.2 Å². The van der Waals surface area contributed by atoms with Crippen molar-refractivity contribution in [2.24, 2.45) is 0 Å². The van der Waals surface area contributed by atoms with Gasteiger partial charge in [-0.3, -0.25) is 14.9 Å². The topological polar surface area (TPSA) is 125 Å². The number of benzene rings is 2. The van der Waals surface area contributed by atoms with Crippen molar-refractivity contribution in [1.82, 2.24) is 35.0 Å². The van der Waals surface area contributed by atoms with Gasteiger partial charge < -0.3 is 19.9 Å². The molecule has 0 unspecified atom stereocenters. The first-order valence-corrected chi connectivity index (χ1v) is 12.5. The van der Waals surface area contributed by atoms with E-state index in [4.69, 9.17) is 9.72 Å². The molecule has 200 valence electrons. The lowest BCUT2D eigenvalue weighted by molar-refractivity contribution is -0.116. The van der Waals surface area contributed by atoms with Crippen LogP contribution in [0.3, 0.4) is 0 Å². The Bertz CT molecular complexity index is 1880. The molecule has 2 aromatic carbocycles. The number of likely N-dealkylation sites (N-methyl/N-ethyl adjacent to an activating group) is 1. The molecule has 0 radical (unpaired) electrons. The summed E-state index contributed by atoms with van der Waals surface area (Å²) in [5.41, 5.74) is 6.29. The number of aromatic amines is 2. The van der Waals surface area contributed by atoms with Crippen LogP contribution >= 0.6 is 0 Å². The number of carbonyl (C=O) groups is 1. The number of imidazole rings is 1. The second-order valence-electron chi connectivity index (χ2n) is 9.60. The first kappa shape index (κ1) is 25.1. The van der Waals surface area contributed by atoms with Crippen molar-refractivity contribution in [3.8, 4) is 39.5 Å². The van der Waals surface area contributed by atoms with Gasteiger partial charge in [0.2, 0.25) is 5.91 Å². The molecule has 0 spiro atoms. The van der Waals surface area contributed by atoms with Gasteiger partial charge in [-0.2, -0.15) is 5.10 Å². The van der Waals surface area contributed by atoms with Crippen molar-refractivity contribution in [3.05, 3.63) is 72.9 Å². The summed E-state index contributed by atoms with van der Waals surface area (Å²) in [5.74, 6) is 0.415. The maximum absolute atomic E-state index is 14.3. The molecule has 3 N–H and O–H groups in total. The highest BCUT2D eigenvalue weighted by molar-refractivity contribution is 5.98. The van der Waals surface area contributed by atoms with Crippen molar-refractivity contribution in [2.45, 2.75) is 0 Å². The van der Waals surface area contributed by atoms with E-state index < -0.39 is 5.82 Å². The van der Waals surface area contributed by atoms with Crippen molar-refractivity contribution >= 4 is 33.7 Å². The molecule has 1 amide bonds. The number of nitrogens with zero attached hydrogens (tertiary/aromatic N) is 5. The molecule has 0 aliphatic carbocycles. The van der Waals surface area contributed by atoms with Crippen LogP contribution in [0.5, 0.6) is 5.75 Å². The molecule has 0 fully saturated rings. The zero-order valence-corrected chi connectivity index (χ0v) is 22.0. The van der Waals surface area contributed by atoms with Gasteiger partial charge in [-0.25, -0.2) is 14.4 Å². The van der Waals surface area contributed by atoms with E-state index in [1.807, 2.05) is 38.4 Å². The fraction of sp³-hybridized carbons (Fsp3) is 0.138. The van der Waals surface area contributed by atoms with Gasteiger partial charge >= 0.3 is 0 Å². The molecule has 0 saturated heterocycles. The number of carbonyl (C=O) groups excluding carboxylic acids is 1. The normalized spacial score (nSPS) is 11.4. The molecule has 0 bridgehead atoms. The van der Waals surface area contributed by atoms with Gasteiger partial charge in [0.25, 0.3) is 0 Å². The largest absolute Gasteiger partial charge is 0.497 e. The second-order valence-corrected chi connectivity index (χ2v) is 9.60. The number of rotatable bonds is 7. The van der Waals surface area contributed by atoms with Crippen molar-refractivity contribution in [2.75, 3.05) is 33.1 Å². The summed E-state index contributed by atoms with van der Waals surface area (Å²) in [7, 11) is 5.17. The zero-order chi connectivity index (χ0) is 27.8. The van der Waals surface area contributed by atoms with E-state index in [0.29, 0.717) is 39.7 Å². The minimum atomic E-state index is -0.402. The molecule has 4 aromatic heterocycles.